The molecule has 0 bridgehead atoms. The lowest BCUT2D eigenvalue weighted by molar-refractivity contribution is 0.236. The van der Waals surface area contributed by atoms with E-state index in [0.717, 1.165) is 11.8 Å². The topological polar surface area (TPSA) is 0 Å². The predicted molar refractivity (Wildman–Crippen MR) is 145 cm³/mol. The molecule has 2 aliphatic rings. The molecular weight excluding hydrogens is 384 g/mol. The van der Waals surface area contributed by atoms with Crippen molar-refractivity contribution < 1.29 is 0 Å². The largest absolute Gasteiger partial charge is 0.0533 e. The first kappa shape index (κ1) is 28.2. The fraction of sp³-hybridized carbons (Fsp3) is 1.00. The van der Waals surface area contributed by atoms with Crippen LogP contribution in [0.4, 0.5) is 0 Å². The fourth-order valence-electron chi connectivity index (χ4n) is 6.75. The molecule has 0 heterocycles. The van der Waals surface area contributed by atoms with Gasteiger partial charge in [-0.1, -0.05) is 193 Å². The summed E-state index contributed by atoms with van der Waals surface area (Å²) in [6.07, 6.45) is 45.6. The van der Waals surface area contributed by atoms with Gasteiger partial charge in [0.2, 0.25) is 0 Å². The van der Waals surface area contributed by atoms with Crippen LogP contribution in [0, 0.1) is 11.8 Å². The minimum atomic E-state index is 1.06. The molecule has 0 N–H and O–H groups in total. The summed E-state index contributed by atoms with van der Waals surface area (Å²) in [5.41, 5.74) is 0. The quantitative estimate of drug-likeness (QED) is 0.375. The second kappa shape index (κ2) is 21.5. The Hall–Kier alpha value is 0. The zero-order chi connectivity index (χ0) is 22.4. The Bertz CT molecular complexity index is 304. The summed E-state index contributed by atoms with van der Waals surface area (Å²) in [4.78, 5) is 0. The minimum Gasteiger partial charge on any atom is -0.0533 e. The first-order valence-corrected chi connectivity index (χ1v) is 16.0. The molecular formula is C32H62. The molecule has 0 saturated heterocycles. The van der Waals surface area contributed by atoms with Gasteiger partial charge in [0.05, 0.1) is 0 Å². The average molecular weight is 447 g/mol. The molecule has 0 spiro atoms. The van der Waals surface area contributed by atoms with Crippen molar-refractivity contribution in [3.8, 4) is 0 Å². The van der Waals surface area contributed by atoms with Gasteiger partial charge in [-0.3, -0.25) is 0 Å². The van der Waals surface area contributed by atoms with Crippen molar-refractivity contribution >= 4 is 0 Å². The van der Waals surface area contributed by atoms with E-state index in [-0.39, 0.29) is 0 Å². The van der Waals surface area contributed by atoms with Crippen LogP contribution in [0.3, 0.4) is 0 Å². The van der Waals surface area contributed by atoms with E-state index in [2.05, 4.69) is 0 Å². The Kier molecular flexibility index (Phi) is 19.0. The van der Waals surface area contributed by atoms with Crippen LogP contribution >= 0.6 is 0 Å². The second-order valence-electron chi connectivity index (χ2n) is 11.9. The molecule has 32 heavy (non-hydrogen) atoms. The van der Waals surface area contributed by atoms with E-state index in [1.54, 1.807) is 25.7 Å². The molecule has 0 unspecified atom stereocenters. The van der Waals surface area contributed by atoms with Crippen molar-refractivity contribution in [3.63, 3.8) is 0 Å². The molecule has 0 amide bonds. The van der Waals surface area contributed by atoms with E-state index in [9.17, 15) is 0 Å². The van der Waals surface area contributed by atoms with E-state index in [1.165, 1.54) is 167 Å². The molecule has 2 rings (SSSR count). The van der Waals surface area contributed by atoms with Crippen molar-refractivity contribution in [2.75, 3.05) is 0 Å². The normalized spacial score (nSPS) is 25.9. The molecule has 0 aliphatic heterocycles. The monoisotopic (exact) mass is 446 g/mol. The van der Waals surface area contributed by atoms with Crippen molar-refractivity contribution in [1.29, 1.82) is 0 Å². The highest BCUT2D eigenvalue weighted by Crippen LogP contribution is 2.34. The van der Waals surface area contributed by atoms with Gasteiger partial charge in [-0.2, -0.15) is 0 Å². The zero-order valence-electron chi connectivity index (χ0n) is 22.4. The highest BCUT2D eigenvalue weighted by atomic mass is 14.3. The standard InChI is InChI=1S/C32H62/c1-3-7-11-15-19-23-27-31(28-24-20-16-12-8-4-1)32-29-25-21-17-13-9-5-2-6-10-14-18-22-26-30-32/h31-32H,1-30H2. The molecule has 0 aromatic rings. The summed E-state index contributed by atoms with van der Waals surface area (Å²) in [6.45, 7) is 0. The average Bonchev–Trinajstić information content (AvgIpc) is 2.79. The van der Waals surface area contributed by atoms with Crippen LogP contribution < -0.4 is 0 Å². The molecule has 2 saturated carbocycles. The van der Waals surface area contributed by atoms with Crippen molar-refractivity contribution in [2.45, 2.75) is 193 Å². The summed E-state index contributed by atoms with van der Waals surface area (Å²) < 4.78 is 0. The van der Waals surface area contributed by atoms with E-state index < -0.39 is 0 Å². The Morgan fingerprint density at radius 2 is 0.281 bits per heavy atom. The molecule has 0 aromatic heterocycles. The minimum absolute atomic E-state index is 1.06. The van der Waals surface area contributed by atoms with Gasteiger partial charge in [-0.15, -0.1) is 0 Å². The zero-order valence-corrected chi connectivity index (χ0v) is 22.4. The second-order valence-corrected chi connectivity index (χ2v) is 11.9. The maximum Gasteiger partial charge on any atom is -0.0386 e. The summed E-state index contributed by atoms with van der Waals surface area (Å²) in [6, 6.07) is 0. The first-order chi connectivity index (χ1) is 16.0. The van der Waals surface area contributed by atoms with Crippen LogP contribution in [0.15, 0.2) is 0 Å². The maximum absolute atomic E-state index is 1.56. The van der Waals surface area contributed by atoms with Gasteiger partial charge >= 0.3 is 0 Å². The lowest BCUT2D eigenvalue weighted by atomic mass is 9.78. The van der Waals surface area contributed by atoms with Crippen LogP contribution in [0.2, 0.25) is 0 Å². The number of rotatable bonds is 1. The van der Waals surface area contributed by atoms with Gasteiger partial charge in [-0.05, 0) is 11.8 Å². The SMILES string of the molecule is C1CCCCCCCC(C2CCCCCCCCCCCCCCC2)CCCCCCC1. The van der Waals surface area contributed by atoms with E-state index in [1.807, 2.05) is 0 Å². The molecule has 0 radical (unpaired) electrons. The summed E-state index contributed by atoms with van der Waals surface area (Å²) in [7, 11) is 0. The van der Waals surface area contributed by atoms with E-state index in [4.69, 9.17) is 0 Å². The number of hydrogen-bond acceptors (Lipinski definition) is 0. The van der Waals surface area contributed by atoms with Crippen LogP contribution in [-0.2, 0) is 0 Å². The van der Waals surface area contributed by atoms with Gasteiger partial charge in [0.15, 0.2) is 0 Å². The smallest absolute Gasteiger partial charge is 0.0386 e. The predicted octanol–water partition coefficient (Wildman–Crippen LogP) is 11.9. The molecule has 0 atom stereocenters. The van der Waals surface area contributed by atoms with E-state index in [0.29, 0.717) is 0 Å². The Morgan fingerprint density at radius 3 is 0.438 bits per heavy atom. The van der Waals surface area contributed by atoms with Crippen molar-refractivity contribution in [1.82, 2.24) is 0 Å². The number of hydrogen-bond donors (Lipinski definition) is 0. The van der Waals surface area contributed by atoms with Crippen LogP contribution in [0.1, 0.15) is 193 Å². The Balaban J connectivity index is 1.83. The molecule has 0 aromatic carbocycles. The third-order valence-corrected chi connectivity index (χ3v) is 8.97. The summed E-state index contributed by atoms with van der Waals surface area (Å²) in [5.74, 6) is 2.11. The van der Waals surface area contributed by atoms with Gasteiger partial charge in [0, 0.05) is 0 Å². The molecule has 0 nitrogen and oxygen atoms in total. The molecule has 190 valence electrons. The van der Waals surface area contributed by atoms with Gasteiger partial charge < -0.3 is 0 Å². The summed E-state index contributed by atoms with van der Waals surface area (Å²) in [5, 5.41) is 0. The lowest BCUT2D eigenvalue weighted by Crippen LogP contribution is -2.16. The van der Waals surface area contributed by atoms with Crippen LogP contribution in [0.25, 0.3) is 0 Å². The third kappa shape index (κ3) is 15.8. The van der Waals surface area contributed by atoms with Crippen LogP contribution in [-0.4, -0.2) is 0 Å². The van der Waals surface area contributed by atoms with Gasteiger partial charge in [0.1, 0.15) is 0 Å². The highest BCUT2D eigenvalue weighted by molar-refractivity contribution is 4.72. The van der Waals surface area contributed by atoms with E-state index >= 15 is 0 Å². The van der Waals surface area contributed by atoms with Gasteiger partial charge in [0.25, 0.3) is 0 Å². The summed E-state index contributed by atoms with van der Waals surface area (Å²) >= 11 is 0. The molecule has 0 heteroatoms. The first-order valence-electron chi connectivity index (χ1n) is 16.0. The van der Waals surface area contributed by atoms with Crippen molar-refractivity contribution in [2.24, 2.45) is 11.8 Å². The Labute approximate surface area is 204 Å². The Morgan fingerprint density at radius 1 is 0.156 bits per heavy atom. The lowest BCUT2D eigenvalue weighted by Gasteiger charge is -2.28. The highest BCUT2D eigenvalue weighted by Gasteiger charge is 2.20. The maximum atomic E-state index is 1.56. The van der Waals surface area contributed by atoms with Crippen LogP contribution in [0.5, 0.6) is 0 Å². The molecule has 2 fully saturated rings. The fourth-order valence-corrected chi connectivity index (χ4v) is 6.75. The third-order valence-electron chi connectivity index (χ3n) is 8.97. The van der Waals surface area contributed by atoms with Crippen molar-refractivity contribution in [3.05, 3.63) is 0 Å². The van der Waals surface area contributed by atoms with Gasteiger partial charge in [-0.25, -0.2) is 0 Å². The molecule has 2 aliphatic carbocycles.